The second kappa shape index (κ2) is 21.0. The van der Waals surface area contributed by atoms with Crippen LogP contribution in [0.1, 0.15) is 95.3 Å². The molecule has 318 valence electrons. The smallest absolute Gasteiger partial charge is 0.341 e. The molecule has 4 atom stereocenters. The molecule has 2 aliphatic heterocycles. The molecule has 1 fully saturated rings. The van der Waals surface area contributed by atoms with E-state index in [-0.39, 0.29) is 55.6 Å². The summed E-state index contributed by atoms with van der Waals surface area (Å²) >= 11 is 0. The van der Waals surface area contributed by atoms with E-state index in [9.17, 15) is 29.1 Å². The van der Waals surface area contributed by atoms with E-state index < -0.39 is 66.0 Å². The predicted octanol–water partition coefficient (Wildman–Crippen LogP) is 6.05. The molecular weight excluding hydrogens is 756 g/mol. The van der Waals surface area contributed by atoms with Crippen molar-refractivity contribution >= 4 is 29.8 Å². The fourth-order valence-corrected chi connectivity index (χ4v) is 6.95. The number of benzene rings is 2. The summed E-state index contributed by atoms with van der Waals surface area (Å²) < 4.78 is 51.0. The van der Waals surface area contributed by atoms with Crippen LogP contribution in [0.4, 0.5) is 0 Å². The largest absolute Gasteiger partial charge is 0.496 e. The quantitative estimate of drug-likeness (QED) is 0.106. The topological polar surface area (TPSA) is 189 Å². The molecule has 2 aromatic carbocycles. The normalized spacial score (nSPS) is 23.0. The molecular formula is C43H56O15. The number of esters is 5. The second-order valence-electron chi connectivity index (χ2n) is 14.9. The standard InChI is InChI=1S/C43H56O15/c1-8-9-10-11-12-16-35(44)57-40-28(23-37(46)52-6)21-30-24-29(25-38(47)53-7)56-36(45)19-20-54-32-18-17-27(39-33(50-4)14-13-15-34(39)51-5)22-31(32)41(48)55-26-42(2,3)43(40,49)58-30/h13-15,17-18,22-23,29-30,40,49H,8-12,16,19-21,24-26H2,1-7H3/b28-23+/t29-,30+,40+,43-/m1/s1. The molecule has 2 heterocycles. The average molecular weight is 813 g/mol. The maximum atomic E-state index is 14.1. The first-order valence-electron chi connectivity index (χ1n) is 19.5. The Kier molecular flexibility index (Phi) is 16.5. The molecule has 1 N–H and O–H groups in total. The lowest BCUT2D eigenvalue weighted by molar-refractivity contribution is -0.340. The Morgan fingerprint density at radius 1 is 0.914 bits per heavy atom. The molecule has 0 radical (unpaired) electrons. The summed E-state index contributed by atoms with van der Waals surface area (Å²) in [6.07, 6.45) is 0.894. The van der Waals surface area contributed by atoms with Gasteiger partial charge in [0.15, 0.2) is 6.10 Å². The van der Waals surface area contributed by atoms with Crippen LogP contribution in [0.25, 0.3) is 11.1 Å². The Bertz CT molecular complexity index is 1780. The van der Waals surface area contributed by atoms with Gasteiger partial charge >= 0.3 is 29.8 Å². The third-order valence-electron chi connectivity index (χ3n) is 10.2. The molecule has 2 aliphatic rings. The maximum Gasteiger partial charge on any atom is 0.341 e. The molecule has 4 rings (SSSR count). The molecule has 0 aliphatic carbocycles. The summed E-state index contributed by atoms with van der Waals surface area (Å²) in [5.74, 6) is -5.14. The first kappa shape index (κ1) is 45.6. The van der Waals surface area contributed by atoms with Gasteiger partial charge in [0.1, 0.15) is 35.5 Å². The Balaban J connectivity index is 1.82. The molecule has 1 saturated heterocycles. The summed E-state index contributed by atoms with van der Waals surface area (Å²) in [5.41, 5.74) is -0.395. The lowest BCUT2D eigenvalue weighted by Crippen LogP contribution is -2.63. The minimum Gasteiger partial charge on any atom is -0.496 e. The van der Waals surface area contributed by atoms with Crippen LogP contribution >= 0.6 is 0 Å². The Morgan fingerprint density at radius 2 is 1.62 bits per heavy atom. The molecule has 2 bridgehead atoms. The van der Waals surface area contributed by atoms with Gasteiger partial charge < -0.3 is 47.7 Å². The zero-order valence-electron chi connectivity index (χ0n) is 34.4. The van der Waals surface area contributed by atoms with Crippen molar-refractivity contribution in [3.05, 3.63) is 53.6 Å². The number of methoxy groups -OCH3 is 4. The number of ether oxygens (including phenoxy) is 9. The molecule has 0 unspecified atom stereocenters. The first-order valence-corrected chi connectivity index (χ1v) is 19.5. The van der Waals surface area contributed by atoms with Gasteiger partial charge in [-0.3, -0.25) is 14.4 Å². The van der Waals surface area contributed by atoms with Crippen LogP contribution in [0.2, 0.25) is 0 Å². The van der Waals surface area contributed by atoms with E-state index in [2.05, 4.69) is 6.92 Å². The van der Waals surface area contributed by atoms with E-state index in [1.807, 2.05) is 0 Å². The second-order valence-corrected chi connectivity index (χ2v) is 14.9. The van der Waals surface area contributed by atoms with E-state index in [1.54, 1.807) is 44.2 Å². The maximum absolute atomic E-state index is 14.1. The zero-order chi connectivity index (χ0) is 42.5. The van der Waals surface area contributed by atoms with Gasteiger partial charge in [-0.25, -0.2) is 9.59 Å². The highest BCUT2D eigenvalue weighted by Gasteiger charge is 2.59. The van der Waals surface area contributed by atoms with Crippen molar-refractivity contribution < 1.29 is 71.7 Å². The van der Waals surface area contributed by atoms with Gasteiger partial charge in [-0.1, -0.05) is 58.6 Å². The third kappa shape index (κ3) is 11.5. The molecule has 0 amide bonds. The third-order valence-corrected chi connectivity index (χ3v) is 10.2. The number of fused-ring (bicyclic) bond motifs is 3. The number of cyclic esters (lactones) is 2. The van der Waals surface area contributed by atoms with Gasteiger partial charge in [-0.15, -0.1) is 0 Å². The van der Waals surface area contributed by atoms with Gasteiger partial charge in [0, 0.05) is 18.9 Å². The number of carbonyl (C=O) groups excluding carboxylic acids is 5. The fraction of sp³-hybridized carbons (Fsp3) is 0.558. The van der Waals surface area contributed by atoms with Crippen molar-refractivity contribution in [1.29, 1.82) is 0 Å². The van der Waals surface area contributed by atoms with E-state index in [0.29, 0.717) is 29.0 Å². The van der Waals surface area contributed by atoms with Crippen molar-refractivity contribution in [3.63, 3.8) is 0 Å². The number of unbranched alkanes of at least 4 members (excludes halogenated alkanes) is 4. The summed E-state index contributed by atoms with van der Waals surface area (Å²) in [6.45, 7) is 4.48. The lowest BCUT2D eigenvalue weighted by atomic mass is 9.75. The molecule has 0 saturated carbocycles. The van der Waals surface area contributed by atoms with Gasteiger partial charge in [0.25, 0.3) is 0 Å². The van der Waals surface area contributed by atoms with Crippen LogP contribution < -0.4 is 14.2 Å². The SMILES string of the molecule is CCCCCCCC(=O)O[C@H]1/C(=C/C(=O)OC)C[C@H]2C[C@H](CC(=O)OC)OC(=O)CCOc3ccc(-c4c(OC)cccc4OC)cc3C(=O)OCC(C)(C)[C@]1(O)O2. The van der Waals surface area contributed by atoms with Crippen molar-refractivity contribution in [2.45, 2.75) is 109 Å². The van der Waals surface area contributed by atoms with E-state index in [1.165, 1.54) is 34.5 Å². The highest BCUT2D eigenvalue weighted by atomic mass is 16.7. The van der Waals surface area contributed by atoms with Gasteiger partial charge in [-0.05, 0) is 48.2 Å². The predicted molar refractivity (Wildman–Crippen MR) is 208 cm³/mol. The van der Waals surface area contributed by atoms with Crippen molar-refractivity contribution in [1.82, 2.24) is 0 Å². The Labute approximate surface area is 339 Å². The zero-order valence-corrected chi connectivity index (χ0v) is 34.4. The number of hydrogen-bond donors (Lipinski definition) is 1. The van der Waals surface area contributed by atoms with Crippen molar-refractivity contribution in [3.8, 4) is 28.4 Å². The molecule has 0 aromatic heterocycles. The van der Waals surface area contributed by atoms with Crippen molar-refractivity contribution in [2.24, 2.45) is 5.41 Å². The van der Waals surface area contributed by atoms with Gasteiger partial charge in [-0.2, -0.15) is 0 Å². The van der Waals surface area contributed by atoms with Crippen LogP contribution in [-0.4, -0.2) is 101 Å². The highest BCUT2D eigenvalue weighted by molar-refractivity contribution is 5.95. The lowest BCUT2D eigenvalue weighted by Gasteiger charge is -2.51. The minimum atomic E-state index is -2.46. The molecule has 58 heavy (non-hydrogen) atoms. The molecule has 2 aromatic rings. The van der Waals surface area contributed by atoms with Crippen LogP contribution in [0.5, 0.6) is 17.2 Å². The summed E-state index contributed by atoms with van der Waals surface area (Å²) in [4.78, 5) is 66.0. The van der Waals surface area contributed by atoms with Crippen LogP contribution in [0.3, 0.4) is 0 Å². The number of hydrogen-bond acceptors (Lipinski definition) is 15. The highest BCUT2D eigenvalue weighted by Crippen LogP contribution is 2.47. The Morgan fingerprint density at radius 3 is 2.28 bits per heavy atom. The average Bonchev–Trinajstić information content (AvgIpc) is 3.20. The van der Waals surface area contributed by atoms with Crippen molar-refractivity contribution in [2.75, 3.05) is 41.7 Å². The molecule has 15 heteroatoms. The van der Waals surface area contributed by atoms with E-state index in [0.717, 1.165) is 31.8 Å². The number of rotatable bonds is 13. The monoisotopic (exact) mass is 812 g/mol. The van der Waals surface area contributed by atoms with Gasteiger partial charge in [0.05, 0.1) is 65.0 Å². The minimum absolute atomic E-state index is 0.0305. The molecule has 0 spiro atoms. The fourth-order valence-electron chi connectivity index (χ4n) is 6.95. The summed E-state index contributed by atoms with van der Waals surface area (Å²) in [5, 5.41) is 12.8. The number of aliphatic hydroxyl groups is 1. The van der Waals surface area contributed by atoms with E-state index in [4.69, 9.17) is 42.6 Å². The Hall–Kier alpha value is -5.15. The summed E-state index contributed by atoms with van der Waals surface area (Å²) in [6, 6.07) is 10.00. The van der Waals surface area contributed by atoms with E-state index >= 15 is 0 Å². The molecule has 15 nitrogen and oxygen atoms in total. The van der Waals surface area contributed by atoms with Crippen LogP contribution in [-0.2, 0) is 47.6 Å². The number of carbonyl (C=O) groups is 5. The van der Waals surface area contributed by atoms with Crippen LogP contribution in [0.15, 0.2) is 48.0 Å². The van der Waals surface area contributed by atoms with Gasteiger partial charge in [0.2, 0.25) is 5.79 Å². The first-order chi connectivity index (χ1) is 27.7. The van der Waals surface area contributed by atoms with Crippen LogP contribution in [0, 0.1) is 5.41 Å². The summed E-state index contributed by atoms with van der Waals surface area (Å²) in [7, 11) is 5.38.